The van der Waals surface area contributed by atoms with Gasteiger partial charge in [0.25, 0.3) is 0 Å². The van der Waals surface area contributed by atoms with Gasteiger partial charge < -0.3 is 20.8 Å². The number of hydrogen-bond donors (Lipinski definition) is 4. The second kappa shape index (κ2) is 10.1. The first-order chi connectivity index (χ1) is 13.3. The van der Waals surface area contributed by atoms with Crippen LogP contribution in [0.3, 0.4) is 0 Å². The predicted octanol–water partition coefficient (Wildman–Crippen LogP) is 3.67. The molecule has 0 saturated carbocycles. The molecule has 0 saturated heterocycles. The van der Waals surface area contributed by atoms with E-state index in [0.29, 0.717) is 0 Å². The average Bonchev–Trinajstić information content (AvgIpc) is 2.90. The summed E-state index contributed by atoms with van der Waals surface area (Å²) in [6, 6.07) is 13.0. The fraction of sp³-hybridized carbons (Fsp3) is 0.333. The van der Waals surface area contributed by atoms with Crippen LogP contribution in [0.5, 0.6) is 0 Å². The van der Waals surface area contributed by atoms with Crippen LogP contribution in [-0.4, -0.2) is 35.2 Å². The second-order valence-corrected chi connectivity index (χ2v) is 7.05. The molecular formula is C21H25ClN2O4. The first-order valence-electron chi connectivity index (χ1n) is 9.10. The number of carboxylic acid groups (broad SMARTS) is 2. The van der Waals surface area contributed by atoms with Crippen molar-refractivity contribution in [3.63, 3.8) is 0 Å². The van der Waals surface area contributed by atoms with Gasteiger partial charge in [-0.25, -0.2) is 9.59 Å². The molecule has 0 bridgehead atoms. The minimum Gasteiger partial charge on any atom is -0.473 e. The molecule has 0 aliphatic carbocycles. The van der Waals surface area contributed by atoms with Crippen molar-refractivity contribution >= 4 is 29.2 Å². The first-order valence-corrected chi connectivity index (χ1v) is 9.48. The summed E-state index contributed by atoms with van der Waals surface area (Å²) in [5, 5.41) is 22.7. The third-order valence-electron chi connectivity index (χ3n) is 4.68. The van der Waals surface area contributed by atoms with Crippen molar-refractivity contribution in [2.75, 3.05) is 18.4 Å². The Labute approximate surface area is 169 Å². The van der Waals surface area contributed by atoms with E-state index in [9.17, 15) is 0 Å². The van der Waals surface area contributed by atoms with E-state index in [2.05, 4.69) is 54.8 Å². The second-order valence-electron chi connectivity index (χ2n) is 6.64. The number of aliphatic carboxylic acids is 2. The summed E-state index contributed by atoms with van der Waals surface area (Å²) in [6.07, 6.45) is 2.10. The Hall–Kier alpha value is -2.57. The van der Waals surface area contributed by atoms with E-state index in [0.717, 1.165) is 36.6 Å². The molecule has 2 aromatic rings. The zero-order valence-corrected chi connectivity index (χ0v) is 16.7. The van der Waals surface area contributed by atoms with Crippen LogP contribution in [0.25, 0.3) is 0 Å². The van der Waals surface area contributed by atoms with Crippen molar-refractivity contribution in [1.82, 2.24) is 5.32 Å². The summed E-state index contributed by atoms with van der Waals surface area (Å²) in [5.74, 6) is -3.65. The maximum Gasteiger partial charge on any atom is 0.414 e. The van der Waals surface area contributed by atoms with E-state index in [1.54, 1.807) is 0 Å². The number of anilines is 1. The normalized spacial score (nSPS) is 14.0. The van der Waals surface area contributed by atoms with Gasteiger partial charge in [0.2, 0.25) is 0 Å². The zero-order valence-electron chi connectivity index (χ0n) is 16.0. The molecule has 0 amide bonds. The first kappa shape index (κ1) is 21.7. The highest BCUT2D eigenvalue weighted by atomic mass is 35.5. The number of rotatable bonds is 3. The number of nitrogens with one attached hydrogen (secondary N) is 2. The molecule has 1 heterocycles. The van der Waals surface area contributed by atoms with Gasteiger partial charge in [0.15, 0.2) is 0 Å². The van der Waals surface area contributed by atoms with E-state index in [-0.39, 0.29) is 6.04 Å². The molecule has 0 spiro atoms. The number of carbonyl (C=O) groups is 2. The van der Waals surface area contributed by atoms with E-state index in [1.807, 2.05) is 6.07 Å². The van der Waals surface area contributed by atoms with Crippen molar-refractivity contribution in [3.05, 3.63) is 63.7 Å². The Kier molecular flexibility index (Phi) is 7.84. The quantitative estimate of drug-likeness (QED) is 0.583. The lowest BCUT2D eigenvalue weighted by Crippen LogP contribution is -2.16. The largest absolute Gasteiger partial charge is 0.473 e. The Bertz CT molecular complexity index is 842. The van der Waals surface area contributed by atoms with Crippen LogP contribution in [0.1, 0.15) is 35.2 Å². The fourth-order valence-electron chi connectivity index (χ4n) is 3.27. The van der Waals surface area contributed by atoms with E-state index < -0.39 is 11.9 Å². The van der Waals surface area contributed by atoms with Gasteiger partial charge in [-0.05, 0) is 68.1 Å². The lowest BCUT2D eigenvalue weighted by molar-refractivity contribution is -0.159. The van der Waals surface area contributed by atoms with E-state index in [4.69, 9.17) is 31.4 Å². The van der Waals surface area contributed by atoms with Crippen molar-refractivity contribution in [1.29, 1.82) is 0 Å². The molecule has 0 fully saturated rings. The van der Waals surface area contributed by atoms with Crippen molar-refractivity contribution < 1.29 is 19.8 Å². The third-order valence-corrected chi connectivity index (χ3v) is 5.00. The van der Waals surface area contributed by atoms with Gasteiger partial charge in [-0.15, -0.1) is 0 Å². The van der Waals surface area contributed by atoms with Gasteiger partial charge in [0, 0.05) is 6.04 Å². The topological polar surface area (TPSA) is 98.7 Å². The minimum atomic E-state index is -1.82. The number of hydrogen-bond acceptors (Lipinski definition) is 4. The SMILES string of the molecule is Cc1ccccc1C(C)Nc1c(Cl)ccc2c1CCNCC2.O=C(O)C(=O)O. The third kappa shape index (κ3) is 5.71. The summed E-state index contributed by atoms with van der Waals surface area (Å²) < 4.78 is 0. The monoisotopic (exact) mass is 404 g/mol. The van der Waals surface area contributed by atoms with Gasteiger partial charge in [-0.2, -0.15) is 0 Å². The molecule has 4 N–H and O–H groups in total. The molecule has 1 aliphatic heterocycles. The highest BCUT2D eigenvalue weighted by molar-refractivity contribution is 6.33. The highest BCUT2D eigenvalue weighted by Crippen LogP contribution is 2.33. The summed E-state index contributed by atoms with van der Waals surface area (Å²) in [6.45, 7) is 6.42. The van der Waals surface area contributed by atoms with Crippen LogP contribution < -0.4 is 10.6 Å². The van der Waals surface area contributed by atoms with E-state index >= 15 is 0 Å². The summed E-state index contributed by atoms with van der Waals surface area (Å²) in [5.41, 5.74) is 6.52. The number of carboxylic acids is 2. The van der Waals surface area contributed by atoms with Gasteiger partial charge in [-0.3, -0.25) is 0 Å². The van der Waals surface area contributed by atoms with Crippen molar-refractivity contribution in [2.24, 2.45) is 0 Å². The molecule has 1 aliphatic rings. The number of aryl methyl sites for hydroxylation is 1. The Morgan fingerprint density at radius 3 is 2.36 bits per heavy atom. The maximum atomic E-state index is 9.10. The molecular weight excluding hydrogens is 380 g/mol. The molecule has 1 unspecified atom stereocenters. The summed E-state index contributed by atoms with van der Waals surface area (Å²) in [4.78, 5) is 18.2. The molecule has 150 valence electrons. The highest BCUT2D eigenvalue weighted by Gasteiger charge is 2.17. The number of fused-ring (bicyclic) bond motifs is 1. The molecule has 7 heteroatoms. The Morgan fingerprint density at radius 2 is 1.71 bits per heavy atom. The summed E-state index contributed by atoms with van der Waals surface area (Å²) in [7, 11) is 0. The summed E-state index contributed by atoms with van der Waals surface area (Å²) >= 11 is 6.50. The smallest absolute Gasteiger partial charge is 0.414 e. The minimum absolute atomic E-state index is 0.237. The number of halogens is 1. The van der Waals surface area contributed by atoms with Gasteiger partial charge in [0.1, 0.15) is 0 Å². The molecule has 6 nitrogen and oxygen atoms in total. The predicted molar refractivity (Wildman–Crippen MR) is 110 cm³/mol. The van der Waals surface area contributed by atoms with Crippen LogP contribution in [0.2, 0.25) is 5.02 Å². The van der Waals surface area contributed by atoms with Crippen LogP contribution in [0.15, 0.2) is 36.4 Å². The Balaban J connectivity index is 0.000000409. The maximum absolute atomic E-state index is 9.10. The van der Waals surface area contributed by atoms with Crippen LogP contribution in [0, 0.1) is 6.92 Å². The molecule has 28 heavy (non-hydrogen) atoms. The van der Waals surface area contributed by atoms with E-state index in [1.165, 1.54) is 22.3 Å². The van der Waals surface area contributed by atoms with Crippen LogP contribution >= 0.6 is 11.6 Å². The lowest BCUT2D eigenvalue weighted by atomic mass is 9.98. The zero-order chi connectivity index (χ0) is 20.7. The van der Waals surface area contributed by atoms with Gasteiger partial charge >= 0.3 is 11.9 Å². The number of benzene rings is 2. The average molecular weight is 405 g/mol. The molecule has 2 aromatic carbocycles. The molecule has 0 aromatic heterocycles. The standard InChI is InChI=1S/C19H23ClN2.C2H2O4/c1-13-5-3-4-6-16(13)14(2)22-19-17-10-12-21-11-9-15(17)7-8-18(19)20;3-1(4)2(5)6/h3-8,14,21-22H,9-12H2,1-2H3;(H,3,4)(H,5,6). The van der Waals surface area contributed by atoms with Crippen molar-refractivity contribution in [2.45, 2.75) is 32.7 Å². The lowest BCUT2D eigenvalue weighted by Gasteiger charge is -2.22. The molecule has 1 atom stereocenters. The van der Waals surface area contributed by atoms with Crippen LogP contribution in [-0.2, 0) is 22.4 Å². The Morgan fingerprint density at radius 1 is 1.07 bits per heavy atom. The van der Waals surface area contributed by atoms with Crippen molar-refractivity contribution in [3.8, 4) is 0 Å². The van der Waals surface area contributed by atoms with Gasteiger partial charge in [-0.1, -0.05) is 41.9 Å². The molecule has 0 radical (unpaired) electrons. The molecule has 3 rings (SSSR count). The fourth-order valence-corrected chi connectivity index (χ4v) is 3.50. The van der Waals surface area contributed by atoms with Crippen LogP contribution in [0.4, 0.5) is 5.69 Å². The van der Waals surface area contributed by atoms with Gasteiger partial charge in [0.05, 0.1) is 10.7 Å².